The summed E-state index contributed by atoms with van der Waals surface area (Å²) in [5.74, 6) is 0. The van der Waals surface area contributed by atoms with E-state index >= 15 is 0 Å². The van der Waals surface area contributed by atoms with Gasteiger partial charge < -0.3 is 5.32 Å². The van der Waals surface area contributed by atoms with Crippen molar-refractivity contribution in [3.8, 4) is 0 Å². The van der Waals surface area contributed by atoms with Crippen molar-refractivity contribution in [3.63, 3.8) is 0 Å². The number of nitrogens with one attached hydrogen (secondary N) is 1. The van der Waals surface area contributed by atoms with E-state index in [-0.39, 0.29) is 5.25 Å². The van der Waals surface area contributed by atoms with Crippen LogP contribution < -0.4 is 5.32 Å². The van der Waals surface area contributed by atoms with Gasteiger partial charge in [-0.3, -0.25) is 0 Å². The molecule has 1 aliphatic carbocycles. The first-order valence-corrected chi connectivity index (χ1v) is 9.87. The van der Waals surface area contributed by atoms with Gasteiger partial charge in [0.2, 0.25) is 10.0 Å². The molecule has 2 aliphatic rings. The maximum Gasteiger partial charge on any atom is 0.217 e. The summed E-state index contributed by atoms with van der Waals surface area (Å²) >= 11 is 0. The van der Waals surface area contributed by atoms with Gasteiger partial charge in [0.1, 0.15) is 0 Å². The zero-order valence-corrected chi connectivity index (χ0v) is 13.6. The fraction of sp³-hybridized carbons (Fsp3) is 1.00. The van der Waals surface area contributed by atoms with Crippen LogP contribution in [0.5, 0.6) is 0 Å². The first kappa shape index (κ1) is 16.2. The van der Waals surface area contributed by atoms with Crippen molar-refractivity contribution < 1.29 is 8.42 Å². The van der Waals surface area contributed by atoms with E-state index in [0.717, 1.165) is 45.1 Å². The fourth-order valence-electron chi connectivity index (χ4n) is 3.47. The van der Waals surface area contributed by atoms with Crippen molar-refractivity contribution in [2.75, 3.05) is 19.6 Å². The third kappa shape index (κ3) is 4.18. The zero-order valence-electron chi connectivity index (χ0n) is 12.8. The second kappa shape index (κ2) is 7.76. The highest BCUT2D eigenvalue weighted by molar-refractivity contribution is 7.89. The predicted octanol–water partition coefficient (Wildman–Crippen LogP) is 2.50. The summed E-state index contributed by atoms with van der Waals surface area (Å²) in [5, 5.41) is 3.36. The van der Waals surface area contributed by atoms with Crippen molar-refractivity contribution in [2.45, 2.75) is 76.0 Å². The molecule has 0 aromatic rings. The molecule has 0 radical (unpaired) electrons. The van der Waals surface area contributed by atoms with Gasteiger partial charge >= 0.3 is 0 Å². The minimum Gasteiger partial charge on any atom is -0.313 e. The van der Waals surface area contributed by atoms with E-state index in [1.807, 2.05) is 0 Å². The van der Waals surface area contributed by atoms with Crippen molar-refractivity contribution in [3.05, 3.63) is 0 Å². The van der Waals surface area contributed by atoms with Crippen LogP contribution in [0.1, 0.15) is 64.7 Å². The Kier molecular flexibility index (Phi) is 6.30. The molecule has 0 bridgehead atoms. The fourth-order valence-corrected chi connectivity index (χ4v) is 5.65. The molecule has 0 aromatic heterocycles. The van der Waals surface area contributed by atoms with E-state index in [2.05, 4.69) is 12.2 Å². The summed E-state index contributed by atoms with van der Waals surface area (Å²) < 4.78 is 27.5. The SMILES string of the molecule is CCCN(CC1CCCCN1)S(=O)(=O)C1CCCCC1. The summed E-state index contributed by atoms with van der Waals surface area (Å²) in [6, 6.07) is 0.355. The van der Waals surface area contributed by atoms with Crippen molar-refractivity contribution in [1.29, 1.82) is 0 Å². The monoisotopic (exact) mass is 302 g/mol. The highest BCUT2D eigenvalue weighted by Crippen LogP contribution is 2.26. The molecule has 2 fully saturated rings. The third-order valence-corrected chi connectivity index (χ3v) is 7.01. The third-order valence-electron chi connectivity index (χ3n) is 4.64. The molecule has 1 saturated heterocycles. The van der Waals surface area contributed by atoms with Crippen LogP contribution in [0.2, 0.25) is 0 Å². The summed E-state index contributed by atoms with van der Waals surface area (Å²) in [4.78, 5) is 0. The first-order chi connectivity index (χ1) is 9.64. The maximum absolute atomic E-state index is 12.8. The molecule has 1 atom stereocenters. The molecule has 0 amide bonds. The molecule has 1 saturated carbocycles. The highest BCUT2D eigenvalue weighted by atomic mass is 32.2. The summed E-state index contributed by atoms with van der Waals surface area (Å²) in [6.45, 7) is 4.45. The van der Waals surface area contributed by atoms with Gasteiger partial charge in [-0.05, 0) is 38.6 Å². The average Bonchev–Trinajstić information content (AvgIpc) is 2.49. The van der Waals surface area contributed by atoms with Gasteiger partial charge in [-0.15, -0.1) is 0 Å². The smallest absolute Gasteiger partial charge is 0.217 e. The van der Waals surface area contributed by atoms with E-state index in [1.54, 1.807) is 4.31 Å². The van der Waals surface area contributed by atoms with E-state index in [1.165, 1.54) is 19.3 Å². The van der Waals surface area contributed by atoms with Gasteiger partial charge in [-0.2, -0.15) is 0 Å². The van der Waals surface area contributed by atoms with Gasteiger partial charge in [0.05, 0.1) is 5.25 Å². The molecule has 20 heavy (non-hydrogen) atoms. The molecule has 2 rings (SSSR count). The summed E-state index contributed by atoms with van der Waals surface area (Å²) in [7, 11) is -3.09. The second-order valence-corrected chi connectivity index (χ2v) is 8.52. The lowest BCUT2D eigenvalue weighted by Crippen LogP contribution is -2.48. The number of nitrogens with zero attached hydrogens (tertiary/aromatic N) is 1. The van der Waals surface area contributed by atoms with Crippen molar-refractivity contribution in [1.82, 2.24) is 9.62 Å². The molecule has 4 nitrogen and oxygen atoms in total. The lowest BCUT2D eigenvalue weighted by molar-refractivity contribution is 0.306. The normalized spacial score (nSPS) is 26.0. The van der Waals surface area contributed by atoms with Crippen LogP contribution >= 0.6 is 0 Å². The van der Waals surface area contributed by atoms with Gasteiger partial charge in [-0.25, -0.2) is 12.7 Å². The molecule has 0 spiro atoms. The molecule has 5 heteroatoms. The molecule has 1 heterocycles. The lowest BCUT2D eigenvalue weighted by Gasteiger charge is -2.33. The average molecular weight is 302 g/mol. The van der Waals surface area contributed by atoms with Gasteiger partial charge in [0.25, 0.3) is 0 Å². The van der Waals surface area contributed by atoms with Crippen LogP contribution in [-0.4, -0.2) is 43.6 Å². The van der Waals surface area contributed by atoms with E-state index in [9.17, 15) is 8.42 Å². The lowest BCUT2D eigenvalue weighted by atomic mass is 10.0. The van der Waals surface area contributed by atoms with Crippen LogP contribution in [0.15, 0.2) is 0 Å². The molecular formula is C15H30N2O2S. The van der Waals surface area contributed by atoms with E-state index in [0.29, 0.717) is 19.1 Å². The number of rotatable bonds is 6. The minimum atomic E-state index is -3.09. The topological polar surface area (TPSA) is 49.4 Å². The summed E-state index contributed by atoms with van der Waals surface area (Å²) in [5.41, 5.74) is 0. The van der Waals surface area contributed by atoms with Crippen LogP contribution in [0.4, 0.5) is 0 Å². The predicted molar refractivity (Wildman–Crippen MR) is 83.3 cm³/mol. The number of hydrogen-bond donors (Lipinski definition) is 1. The Bertz CT molecular complexity index is 371. The Hall–Kier alpha value is -0.130. The number of piperidine rings is 1. The van der Waals surface area contributed by atoms with Crippen LogP contribution in [0, 0.1) is 0 Å². The molecule has 1 aliphatic heterocycles. The van der Waals surface area contributed by atoms with E-state index < -0.39 is 10.0 Å². The largest absolute Gasteiger partial charge is 0.313 e. The standard InChI is InChI=1S/C15H30N2O2S/c1-2-12-17(13-14-8-6-7-11-16-14)20(18,19)15-9-4-3-5-10-15/h14-16H,2-13H2,1H3. The first-order valence-electron chi connectivity index (χ1n) is 8.37. The van der Waals surface area contributed by atoms with Crippen molar-refractivity contribution >= 4 is 10.0 Å². The molecule has 118 valence electrons. The van der Waals surface area contributed by atoms with Crippen LogP contribution in [0.3, 0.4) is 0 Å². The molecule has 1 N–H and O–H groups in total. The molecule has 1 unspecified atom stereocenters. The van der Waals surface area contributed by atoms with Gasteiger partial charge in [-0.1, -0.05) is 32.6 Å². The Morgan fingerprint density at radius 3 is 2.35 bits per heavy atom. The zero-order chi connectivity index (χ0) is 14.4. The van der Waals surface area contributed by atoms with E-state index in [4.69, 9.17) is 0 Å². The highest BCUT2D eigenvalue weighted by Gasteiger charge is 2.33. The van der Waals surface area contributed by atoms with Crippen LogP contribution in [0.25, 0.3) is 0 Å². The Morgan fingerprint density at radius 2 is 1.75 bits per heavy atom. The summed E-state index contributed by atoms with van der Waals surface area (Å²) in [6.07, 6.45) is 9.53. The van der Waals surface area contributed by atoms with Crippen molar-refractivity contribution in [2.24, 2.45) is 0 Å². The Morgan fingerprint density at radius 1 is 1.05 bits per heavy atom. The Labute approximate surface area is 124 Å². The van der Waals surface area contributed by atoms with Gasteiger partial charge in [0.15, 0.2) is 0 Å². The van der Waals surface area contributed by atoms with Gasteiger partial charge in [0, 0.05) is 19.1 Å². The quantitative estimate of drug-likeness (QED) is 0.820. The maximum atomic E-state index is 12.8. The minimum absolute atomic E-state index is 0.119. The van der Waals surface area contributed by atoms with Crippen LogP contribution in [-0.2, 0) is 10.0 Å². The second-order valence-electron chi connectivity index (χ2n) is 6.31. The number of hydrogen-bond acceptors (Lipinski definition) is 3. The Balaban J connectivity index is 2.01. The molecule has 0 aromatic carbocycles. The molecular weight excluding hydrogens is 272 g/mol. The number of sulfonamides is 1.